The maximum Gasteiger partial charge on any atom is 0.253 e. The van der Waals surface area contributed by atoms with Crippen LogP contribution in [0.3, 0.4) is 0 Å². The lowest BCUT2D eigenvalue weighted by molar-refractivity contribution is 0.0947. The monoisotopic (exact) mass is 347 g/mol. The number of nitrogen functional groups attached to an aromatic ring is 1. The van der Waals surface area contributed by atoms with Gasteiger partial charge in [0.05, 0.1) is 11.8 Å². The highest BCUT2D eigenvalue weighted by molar-refractivity contribution is 7.88. The van der Waals surface area contributed by atoms with Crippen LogP contribution in [0.15, 0.2) is 24.3 Å². The molecule has 1 fully saturated rings. The summed E-state index contributed by atoms with van der Waals surface area (Å²) in [6.45, 7) is 0.445. The van der Waals surface area contributed by atoms with Crippen LogP contribution in [-0.2, 0) is 10.0 Å². The molecule has 4 N–H and O–H groups in total. The van der Waals surface area contributed by atoms with E-state index in [-0.39, 0.29) is 30.3 Å². The molecule has 0 spiro atoms. The minimum atomic E-state index is -3.22. The van der Waals surface area contributed by atoms with Crippen LogP contribution in [0.25, 0.3) is 0 Å². The Hall–Kier alpha value is -1.31. The number of carbonyl (C=O) groups is 1. The summed E-state index contributed by atoms with van der Waals surface area (Å²) in [4.78, 5) is 12.1. The predicted octanol–water partition coefficient (Wildman–Crippen LogP) is 1.14. The Balaban J connectivity index is 0.00000242. The van der Waals surface area contributed by atoms with Gasteiger partial charge < -0.3 is 11.1 Å². The lowest BCUT2D eigenvalue weighted by atomic mass is 10.0. The van der Waals surface area contributed by atoms with Gasteiger partial charge in [0.15, 0.2) is 0 Å². The van der Waals surface area contributed by atoms with E-state index in [0.29, 0.717) is 17.8 Å². The molecule has 2 unspecified atom stereocenters. The summed E-state index contributed by atoms with van der Waals surface area (Å²) >= 11 is 0. The molecule has 0 heterocycles. The molecule has 1 aromatic carbocycles. The number of rotatable bonds is 5. The molecule has 124 valence electrons. The Morgan fingerprint density at radius 1 is 1.32 bits per heavy atom. The highest BCUT2D eigenvalue weighted by atomic mass is 35.5. The van der Waals surface area contributed by atoms with E-state index >= 15 is 0 Å². The van der Waals surface area contributed by atoms with Crippen LogP contribution >= 0.6 is 12.4 Å². The topological polar surface area (TPSA) is 101 Å². The van der Waals surface area contributed by atoms with Gasteiger partial charge in [0.25, 0.3) is 5.91 Å². The minimum absolute atomic E-state index is 0. The second-order valence-corrected chi connectivity index (χ2v) is 7.26. The molecule has 0 aromatic heterocycles. The molecule has 6 nitrogen and oxygen atoms in total. The molecule has 2 atom stereocenters. The fraction of sp³-hybridized carbons (Fsp3) is 0.500. The second-order valence-electron chi connectivity index (χ2n) is 5.48. The molecule has 8 heteroatoms. The maximum absolute atomic E-state index is 12.1. The van der Waals surface area contributed by atoms with Crippen molar-refractivity contribution in [2.75, 3.05) is 18.5 Å². The minimum Gasteiger partial charge on any atom is -0.398 e. The average molecular weight is 348 g/mol. The lowest BCUT2D eigenvalue weighted by Crippen LogP contribution is -2.41. The first-order chi connectivity index (χ1) is 9.87. The maximum atomic E-state index is 12.1. The van der Waals surface area contributed by atoms with Gasteiger partial charge in [-0.25, -0.2) is 13.1 Å². The molecular formula is C14H22ClN3O3S. The van der Waals surface area contributed by atoms with E-state index < -0.39 is 10.0 Å². The summed E-state index contributed by atoms with van der Waals surface area (Å²) in [7, 11) is -3.22. The fourth-order valence-corrected chi connectivity index (χ4v) is 3.59. The van der Waals surface area contributed by atoms with Crippen LogP contribution in [-0.4, -0.2) is 33.2 Å². The zero-order valence-electron chi connectivity index (χ0n) is 12.4. The predicted molar refractivity (Wildman–Crippen MR) is 89.5 cm³/mol. The van der Waals surface area contributed by atoms with Gasteiger partial charge in [0.1, 0.15) is 0 Å². The van der Waals surface area contributed by atoms with Crippen molar-refractivity contribution in [3.63, 3.8) is 0 Å². The molecule has 0 aliphatic heterocycles. The first kappa shape index (κ1) is 18.7. The molecule has 0 bridgehead atoms. The molecule has 1 aliphatic carbocycles. The summed E-state index contributed by atoms with van der Waals surface area (Å²) in [5, 5.41) is 2.84. The number of amides is 1. The number of hydrogen-bond donors (Lipinski definition) is 3. The summed E-state index contributed by atoms with van der Waals surface area (Å²) in [6, 6.07) is 6.78. The van der Waals surface area contributed by atoms with Gasteiger partial charge in [-0.2, -0.15) is 0 Å². The number of hydrogen-bond acceptors (Lipinski definition) is 4. The molecule has 1 aromatic rings. The number of sulfonamides is 1. The number of carbonyl (C=O) groups excluding carboxylic acids is 1. The molecule has 0 radical (unpaired) electrons. The van der Waals surface area contributed by atoms with Crippen molar-refractivity contribution in [2.45, 2.75) is 25.3 Å². The number of nitrogens with one attached hydrogen (secondary N) is 2. The Morgan fingerprint density at radius 3 is 2.64 bits per heavy atom. The van der Waals surface area contributed by atoms with Crippen LogP contribution in [0.4, 0.5) is 5.69 Å². The zero-order chi connectivity index (χ0) is 15.5. The van der Waals surface area contributed by atoms with E-state index in [0.717, 1.165) is 25.5 Å². The third-order valence-electron chi connectivity index (χ3n) is 3.75. The van der Waals surface area contributed by atoms with E-state index in [4.69, 9.17) is 5.73 Å². The van der Waals surface area contributed by atoms with Gasteiger partial charge in [0, 0.05) is 18.3 Å². The van der Waals surface area contributed by atoms with E-state index in [1.54, 1.807) is 24.3 Å². The van der Waals surface area contributed by atoms with Gasteiger partial charge in [-0.05, 0) is 30.9 Å². The van der Waals surface area contributed by atoms with Gasteiger partial charge in [0.2, 0.25) is 10.0 Å². The quantitative estimate of drug-likeness (QED) is 0.695. The highest BCUT2D eigenvalue weighted by Crippen LogP contribution is 2.25. The van der Waals surface area contributed by atoms with E-state index in [1.165, 1.54) is 0 Å². The van der Waals surface area contributed by atoms with Crippen molar-refractivity contribution in [1.29, 1.82) is 0 Å². The van der Waals surface area contributed by atoms with E-state index in [9.17, 15) is 13.2 Å². The van der Waals surface area contributed by atoms with Crippen LogP contribution in [0.2, 0.25) is 0 Å². The van der Waals surface area contributed by atoms with Gasteiger partial charge in [-0.1, -0.05) is 18.6 Å². The van der Waals surface area contributed by atoms with Crippen molar-refractivity contribution in [2.24, 2.45) is 5.92 Å². The Kier molecular flexibility index (Phi) is 6.65. The standard InChI is InChI=1S/C14H21N3O3S.ClH/c1-21(19,20)17-13-8-4-5-10(13)9-16-14(18)11-6-2-3-7-12(11)15;/h2-3,6-7,10,13,17H,4-5,8-9,15H2,1H3,(H,16,18);1H. The van der Waals surface area contributed by atoms with Crippen molar-refractivity contribution in [3.8, 4) is 0 Å². The largest absolute Gasteiger partial charge is 0.398 e. The first-order valence-corrected chi connectivity index (χ1v) is 8.86. The second kappa shape index (κ2) is 7.80. The Morgan fingerprint density at radius 2 is 2.00 bits per heavy atom. The highest BCUT2D eigenvalue weighted by Gasteiger charge is 2.29. The third kappa shape index (κ3) is 5.15. The van der Waals surface area contributed by atoms with Crippen LogP contribution in [0.1, 0.15) is 29.6 Å². The summed E-state index contributed by atoms with van der Waals surface area (Å²) in [5.41, 5.74) is 6.65. The molecule has 1 aliphatic rings. The number of nitrogens with two attached hydrogens (primary N) is 1. The fourth-order valence-electron chi connectivity index (χ4n) is 2.73. The van der Waals surface area contributed by atoms with Crippen molar-refractivity contribution < 1.29 is 13.2 Å². The molecule has 0 saturated heterocycles. The molecule has 1 saturated carbocycles. The smallest absolute Gasteiger partial charge is 0.253 e. The van der Waals surface area contributed by atoms with Crippen LogP contribution in [0.5, 0.6) is 0 Å². The van der Waals surface area contributed by atoms with Crippen molar-refractivity contribution in [1.82, 2.24) is 10.0 Å². The molecule has 22 heavy (non-hydrogen) atoms. The van der Waals surface area contributed by atoms with Gasteiger partial charge in [-0.15, -0.1) is 12.4 Å². The van der Waals surface area contributed by atoms with E-state index in [2.05, 4.69) is 10.0 Å². The van der Waals surface area contributed by atoms with Crippen molar-refractivity contribution in [3.05, 3.63) is 29.8 Å². The molecule has 1 amide bonds. The third-order valence-corrected chi connectivity index (χ3v) is 4.49. The summed E-state index contributed by atoms with van der Waals surface area (Å²) < 4.78 is 25.3. The normalized spacial score (nSPS) is 21.1. The summed E-state index contributed by atoms with van der Waals surface area (Å²) in [5.74, 6) is -0.105. The Bertz CT molecular complexity index is 622. The van der Waals surface area contributed by atoms with E-state index in [1.807, 2.05) is 0 Å². The summed E-state index contributed by atoms with van der Waals surface area (Å²) in [6.07, 6.45) is 3.83. The van der Waals surface area contributed by atoms with Gasteiger partial charge >= 0.3 is 0 Å². The molecular weight excluding hydrogens is 326 g/mol. The number of halogens is 1. The Labute approximate surface area is 137 Å². The SMILES string of the molecule is CS(=O)(=O)NC1CCCC1CNC(=O)c1ccccc1N.Cl. The van der Waals surface area contributed by atoms with Crippen LogP contribution < -0.4 is 15.8 Å². The van der Waals surface area contributed by atoms with Gasteiger partial charge in [-0.3, -0.25) is 4.79 Å². The molecule has 2 rings (SSSR count). The lowest BCUT2D eigenvalue weighted by Gasteiger charge is -2.20. The first-order valence-electron chi connectivity index (χ1n) is 6.97. The average Bonchev–Trinajstić information content (AvgIpc) is 2.81. The van der Waals surface area contributed by atoms with Crippen molar-refractivity contribution >= 4 is 34.0 Å². The number of benzene rings is 1. The number of anilines is 1. The number of para-hydroxylation sites is 1. The van der Waals surface area contributed by atoms with Crippen LogP contribution in [0, 0.1) is 5.92 Å². The zero-order valence-corrected chi connectivity index (χ0v) is 14.0.